The Labute approximate surface area is 79.1 Å². The van der Waals surface area contributed by atoms with E-state index in [1.807, 2.05) is 0 Å². The van der Waals surface area contributed by atoms with Crippen LogP contribution in [0.25, 0.3) is 0 Å². The third-order valence-electron chi connectivity index (χ3n) is 1.28. The summed E-state index contributed by atoms with van der Waals surface area (Å²) in [6.45, 7) is 0. The van der Waals surface area contributed by atoms with E-state index < -0.39 is 25.8 Å². The van der Waals surface area contributed by atoms with Crippen LogP contribution in [0.5, 0.6) is 0 Å². The summed E-state index contributed by atoms with van der Waals surface area (Å²) in [4.78, 5) is 10.1. The van der Waals surface area contributed by atoms with Gasteiger partial charge in [-0.15, -0.1) is 0 Å². The summed E-state index contributed by atoms with van der Waals surface area (Å²) in [5.41, 5.74) is 0. The number of carbonyl (C=O) groups is 1. The van der Waals surface area contributed by atoms with E-state index in [1.165, 1.54) is 24.3 Å². The normalized spacial score (nSPS) is 14.5. The second-order valence-electron chi connectivity index (χ2n) is 2.21. The zero-order valence-electron chi connectivity index (χ0n) is 6.45. The van der Waals surface area contributed by atoms with Crippen LogP contribution in [-0.2, 0) is 6.03 Å². The van der Waals surface area contributed by atoms with Crippen molar-refractivity contribution in [1.82, 2.24) is 0 Å². The van der Waals surface area contributed by atoms with Crippen LogP contribution in [0, 0.1) is 0 Å². The second kappa shape index (κ2) is 3.85. The van der Waals surface area contributed by atoms with E-state index in [2.05, 4.69) is 3.02 Å². The summed E-state index contributed by atoms with van der Waals surface area (Å²) >= 11 is -5.13. The van der Waals surface area contributed by atoms with Crippen LogP contribution in [0.1, 0.15) is 0 Å². The van der Waals surface area contributed by atoms with Crippen LogP contribution in [0.3, 0.4) is 0 Å². The second-order valence-corrected chi connectivity index (χ2v) is 7.18. The van der Waals surface area contributed by atoms with Crippen LogP contribution in [-0.4, -0.2) is 34.3 Å². The molecule has 0 aliphatic carbocycles. The van der Waals surface area contributed by atoms with E-state index in [1.54, 1.807) is 6.07 Å². The quantitative estimate of drug-likeness (QED) is 0.747. The van der Waals surface area contributed by atoms with Crippen molar-refractivity contribution in [2.75, 3.05) is 0 Å². The molecule has 1 aromatic carbocycles. The number of rotatable bonds is 2. The van der Waals surface area contributed by atoms with Gasteiger partial charge in [0, 0.05) is 0 Å². The first kappa shape index (κ1) is 10.2. The number of carboxylic acid groups (broad SMARTS) is 1. The Morgan fingerprint density at radius 2 is 1.85 bits per heavy atom. The summed E-state index contributed by atoms with van der Waals surface area (Å²) in [7, 11) is 0. The molecule has 5 nitrogen and oxygen atoms in total. The number of benzene rings is 1. The fourth-order valence-electron chi connectivity index (χ4n) is 0.775. The first-order chi connectivity index (χ1) is 6.02. The van der Waals surface area contributed by atoms with Gasteiger partial charge in [0.05, 0.1) is 0 Å². The molecule has 0 saturated heterocycles. The molecule has 13 heavy (non-hydrogen) atoms. The zero-order chi connectivity index (χ0) is 9.90. The Morgan fingerprint density at radius 1 is 1.31 bits per heavy atom. The Kier molecular flexibility index (Phi) is 3.01. The first-order valence-electron chi connectivity index (χ1n) is 3.33. The van der Waals surface area contributed by atoms with Crippen molar-refractivity contribution in [1.29, 1.82) is 0 Å². The average molecular weight is 293 g/mol. The van der Waals surface area contributed by atoms with Crippen LogP contribution < -0.4 is 3.51 Å². The van der Waals surface area contributed by atoms with Gasteiger partial charge in [-0.25, -0.2) is 0 Å². The molecule has 1 unspecified atom stereocenters. The third kappa shape index (κ3) is 2.79. The molecule has 0 aromatic heterocycles. The molecule has 1 aromatic rings. The fourth-order valence-corrected chi connectivity index (χ4v) is 3.25. The third-order valence-corrected chi connectivity index (χ3v) is 5.15. The average Bonchev–Trinajstić information content (AvgIpc) is 2.04. The predicted molar refractivity (Wildman–Crippen MR) is 43.8 cm³/mol. The summed E-state index contributed by atoms with van der Waals surface area (Å²) in [6.07, 6.45) is -1.73. The SMILES string of the molecule is O=C(O)[O][Sb](=[O])([OH])[c]1ccccc1. The molecule has 0 amide bonds. The fraction of sp³-hybridized carbons (Fsp3) is 0. The molecule has 0 bridgehead atoms. The van der Waals surface area contributed by atoms with Gasteiger partial charge in [-0.3, -0.25) is 0 Å². The van der Waals surface area contributed by atoms with Crippen molar-refractivity contribution in [2.45, 2.75) is 0 Å². The minimum atomic E-state index is -5.13. The van der Waals surface area contributed by atoms with Gasteiger partial charge in [-0.1, -0.05) is 0 Å². The zero-order valence-corrected chi connectivity index (χ0v) is 9.01. The maximum absolute atomic E-state index is 11.3. The van der Waals surface area contributed by atoms with Crippen molar-refractivity contribution < 1.29 is 19.3 Å². The Bertz CT molecular complexity index is 347. The van der Waals surface area contributed by atoms with Gasteiger partial charge in [0.25, 0.3) is 0 Å². The van der Waals surface area contributed by atoms with Crippen molar-refractivity contribution in [3.63, 3.8) is 0 Å². The molecule has 0 aliphatic heterocycles. The van der Waals surface area contributed by atoms with Gasteiger partial charge in [0.1, 0.15) is 0 Å². The molecule has 0 heterocycles. The number of hydrogen-bond donors (Lipinski definition) is 2. The van der Waals surface area contributed by atoms with Crippen LogP contribution in [0.15, 0.2) is 30.3 Å². The minimum absolute atomic E-state index is 0.0448. The van der Waals surface area contributed by atoms with E-state index in [0.717, 1.165) is 0 Å². The first-order valence-corrected chi connectivity index (χ1v) is 7.83. The predicted octanol–water partition coefficient (Wildman–Crippen LogP) is -0.0501. The molecule has 0 spiro atoms. The molecule has 0 saturated carbocycles. The molecule has 1 atom stereocenters. The van der Waals surface area contributed by atoms with Gasteiger partial charge < -0.3 is 0 Å². The summed E-state index contributed by atoms with van der Waals surface area (Å²) in [5, 5.41) is 8.18. The summed E-state index contributed by atoms with van der Waals surface area (Å²) in [6, 6.07) is 7.46. The number of hydrogen-bond acceptors (Lipinski definition) is 3. The topological polar surface area (TPSA) is 83.8 Å². The Morgan fingerprint density at radius 3 is 2.31 bits per heavy atom. The van der Waals surface area contributed by atoms with Gasteiger partial charge in [0.2, 0.25) is 0 Å². The van der Waals surface area contributed by atoms with Crippen molar-refractivity contribution >= 4 is 29.3 Å². The van der Waals surface area contributed by atoms with Gasteiger partial charge in [-0.05, 0) is 0 Å². The van der Waals surface area contributed by atoms with Crippen LogP contribution >= 0.6 is 0 Å². The molecular weight excluding hydrogens is 286 g/mol. The molecule has 0 radical (unpaired) electrons. The van der Waals surface area contributed by atoms with Crippen molar-refractivity contribution in [3.05, 3.63) is 30.3 Å². The van der Waals surface area contributed by atoms with Crippen LogP contribution in [0.2, 0.25) is 0 Å². The van der Waals surface area contributed by atoms with Crippen LogP contribution in [0.4, 0.5) is 4.79 Å². The molecule has 1 rings (SSSR count). The standard InChI is InChI=1S/C6H5.CH2O3.H2O.O.Sb/c1-2-4-6-5-3-1;2-1(3)4;;;/h1-5H;(H2,2,3,4);1H2;;/q;;;;+2/p-2. The van der Waals surface area contributed by atoms with E-state index in [0.29, 0.717) is 0 Å². The molecule has 2 N–H and O–H groups in total. The van der Waals surface area contributed by atoms with Gasteiger partial charge in [0.15, 0.2) is 0 Å². The van der Waals surface area contributed by atoms with Crippen molar-refractivity contribution in [3.8, 4) is 0 Å². The molecule has 70 valence electrons. The maximum atomic E-state index is 11.3. The van der Waals surface area contributed by atoms with E-state index >= 15 is 0 Å². The van der Waals surface area contributed by atoms with E-state index in [-0.39, 0.29) is 3.51 Å². The summed E-state index contributed by atoms with van der Waals surface area (Å²) in [5.74, 6) is 0. The monoisotopic (exact) mass is 292 g/mol. The van der Waals surface area contributed by atoms with Gasteiger partial charge in [-0.2, -0.15) is 0 Å². The van der Waals surface area contributed by atoms with Gasteiger partial charge >= 0.3 is 79.0 Å². The Hall–Kier alpha value is -0.932. The van der Waals surface area contributed by atoms with E-state index in [9.17, 15) is 11.2 Å². The molecule has 0 fully saturated rings. The molecule has 0 aliphatic rings. The molecule has 6 heteroatoms. The molecular formula is C7H7O5Sb. The van der Waals surface area contributed by atoms with Crippen molar-refractivity contribution in [2.24, 2.45) is 0 Å². The van der Waals surface area contributed by atoms with E-state index in [4.69, 9.17) is 5.11 Å². The Balaban J connectivity index is 2.95. The summed E-state index contributed by atoms with van der Waals surface area (Å²) < 4.78 is 24.5.